The summed E-state index contributed by atoms with van der Waals surface area (Å²) in [6, 6.07) is 17.2. The minimum absolute atomic E-state index is 0.220. The van der Waals surface area contributed by atoms with Gasteiger partial charge in [0.1, 0.15) is 5.75 Å². The van der Waals surface area contributed by atoms with E-state index in [-0.39, 0.29) is 6.04 Å². The molecule has 0 heterocycles. The van der Waals surface area contributed by atoms with E-state index in [1.807, 2.05) is 0 Å². The Labute approximate surface area is 134 Å². The molecule has 0 aromatic heterocycles. The lowest BCUT2D eigenvalue weighted by Gasteiger charge is -2.19. The van der Waals surface area contributed by atoms with Crippen LogP contribution < -0.4 is 10.1 Å². The van der Waals surface area contributed by atoms with Crippen molar-refractivity contribution < 1.29 is 4.74 Å². The van der Waals surface area contributed by atoms with E-state index in [0.717, 1.165) is 16.8 Å². The first-order valence-electron chi connectivity index (χ1n) is 7.51. The van der Waals surface area contributed by atoms with E-state index in [9.17, 15) is 0 Å². The Hall–Kier alpha value is -1.32. The minimum Gasteiger partial charge on any atom is -0.490 e. The molecule has 0 saturated heterocycles. The first-order chi connectivity index (χ1) is 10.3. The van der Waals surface area contributed by atoms with Gasteiger partial charge in [0.05, 0.1) is 12.1 Å². The summed E-state index contributed by atoms with van der Waals surface area (Å²) >= 11 is 3.49. The van der Waals surface area contributed by atoms with Gasteiger partial charge in [-0.1, -0.05) is 47.1 Å². The molecular formula is C18H20BrNO. The first kappa shape index (κ1) is 14.6. The van der Waals surface area contributed by atoms with Crippen LogP contribution in [0.3, 0.4) is 0 Å². The summed E-state index contributed by atoms with van der Waals surface area (Å²) in [6.45, 7) is 3.07. The number of hydrogen-bond acceptors (Lipinski definition) is 2. The number of benzene rings is 2. The van der Waals surface area contributed by atoms with Gasteiger partial charge in [-0.25, -0.2) is 0 Å². The van der Waals surface area contributed by atoms with Gasteiger partial charge in [0, 0.05) is 4.47 Å². The zero-order valence-electron chi connectivity index (χ0n) is 12.2. The van der Waals surface area contributed by atoms with Crippen LogP contribution in [0.1, 0.15) is 36.9 Å². The zero-order chi connectivity index (χ0) is 14.7. The molecule has 1 aliphatic rings. The number of nitrogens with one attached hydrogen (secondary N) is 1. The summed E-state index contributed by atoms with van der Waals surface area (Å²) in [5, 5.41) is 3.55. The average molecular weight is 346 g/mol. The molecule has 110 valence electrons. The van der Waals surface area contributed by atoms with E-state index in [0.29, 0.717) is 6.10 Å². The molecule has 1 unspecified atom stereocenters. The quantitative estimate of drug-likeness (QED) is 0.819. The number of rotatable bonds is 6. The van der Waals surface area contributed by atoms with Crippen molar-refractivity contribution in [1.82, 2.24) is 5.32 Å². The molecule has 0 bridgehead atoms. The summed E-state index contributed by atoms with van der Waals surface area (Å²) < 4.78 is 6.92. The fraction of sp³-hybridized carbons (Fsp3) is 0.333. The smallest absolute Gasteiger partial charge is 0.119 e. The van der Waals surface area contributed by atoms with Crippen molar-refractivity contribution in [1.29, 1.82) is 0 Å². The standard InChI is InChI=1S/C18H20BrNO/c1-2-20-18(13-3-7-15(19)8-4-13)14-5-9-16(10-6-14)21-17-11-12-17/h3-10,17-18,20H,2,11-12H2,1H3. The molecule has 21 heavy (non-hydrogen) atoms. The molecule has 1 saturated carbocycles. The van der Waals surface area contributed by atoms with Crippen LogP contribution in [-0.4, -0.2) is 12.6 Å². The van der Waals surface area contributed by atoms with Crippen LogP contribution in [-0.2, 0) is 0 Å². The van der Waals surface area contributed by atoms with Crippen LogP contribution in [0.4, 0.5) is 0 Å². The van der Waals surface area contributed by atoms with Gasteiger partial charge in [-0.3, -0.25) is 0 Å². The first-order valence-corrected chi connectivity index (χ1v) is 8.31. The Kier molecular flexibility index (Phi) is 4.61. The van der Waals surface area contributed by atoms with E-state index in [4.69, 9.17) is 4.74 Å². The molecule has 2 nitrogen and oxygen atoms in total. The molecule has 1 atom stereocenters. The lowest BCUT2D eigenvalue weighted by atomic mass is 9.98. The SMILES string of the molecule is CCNC(c1ccc(Br)cc1)c1ccc(OC2CC2)cc1. The monoisotopic (exact) mass is 345 g/mol. The summed E-state index contributed by atoms with van der Waals surface area (Å²) in [7, 11) is 0. The second-order valence-electron chi connectivity index (χ2n) is 5.43. The van der Waals surface area contributed by atoms with Crippen molar-refractivity contribution in [3.8, 4) is 5.75 Å². The Morgan fingerprint density at radius 3 is 2.14 bits per heavy atom. The molecule has 1 aliphatic carbocycles. The summed E-state index contributed by atoms with van der Waals surface area (Å²) in [4.78, 5) is 0. The van der Waals surface area contributed by atoms with Crippen LogP contribution in [0, 0.1) is 0 Å². The summed E-state index contributed by atoms with van der Waals surface area (Å²) in [6.07, 6.45) is 2.84. The highest BCUT2D eigenvalue weighted by Crippen LogP contribution is 2.29. The number of hydrogen-bond donors (Lipinski definition) is 1. The van der Waals surface area contributed by atoms with Gasteiger partial charge in [0.15, 0.2) is 0 Å². The van der Waals surface area contributed by atoms with E-state index in [2.05, 4.69) is 76.7 Å². The third-order valence-electron chi connectivity index (χ3n) is 3.65. The normalized spacial score (nSPS) is 15.7. The fourth-order valence-electron chi connectivity index (χ4n) is 2.40. The molecule has 1 fully saturated rings. The van der Waals surface area contributed by atoms with Crippen LogP contribution in [0.5, 0.6) is 5.75 Å². The average Bonchev–Trinajstić information content (AvgIpc) is 3.31. The molecule has 0 amide bonds. The third kappa shape index (κ3) is 3.86. The van der Waals surface area contributed by atoms with E-state index in [1.54, 1.807) is 0 Å². The van der Waals surface area contributed by atoms with Gasteiger partial charge >= 0.3 is 0 Å². The van der Waals surface area contributed by atoms with E-state index >= 15 is 0 Å². The number of ether oxygens (including phenoxy) is 1. The maximum absolute atomic E-state index is 5.81. The Balaban J connectivity index is 1.80. The predicted octanol–water partition coefficient (Wildman–Crippen LogP) is 4.69. The van der Waals surface area contributed by atoms with Gasteiger partial charge in [-0.05, 0) is 54.8 Å². The minimum atomic E-state index is 0.220. The molecule has 3 heteroatoms. The Morgan fingerprint density at radius 1 is 1.05 bits per heavy atom. The molecular weight excluding hydrogens is 326 g/mol. The van der Waals surface area contributed by atoms with Crippen molar-refractivity contribution in [2.75, 3.05) is 6.54 Å². The van der Waals surface area contributed by atoms with Gasteiger partial charge in [-0.15, -0.1) is 0 Å². The Morgan fingerprint density at radius 2 is 1.62 bits per heavy atom. The van der Waals surface area contributed by atoms with Crippen molar-refractivity contribution in [3.63, 3.8) is 0 Å². The highest BCUT2D eigenvalue weighted by atomic mass is 79.9. The molecule has 0 spiro atoms. The third-order valence-corrected chi connectivity index (χ3v) is 4.18. The lowest BCUT2D eigenvalue weighted by Crippen LogP contribution is -2.21. The zero-order valence-corrected chi connectivity index (χ0v) is 13.8. The van der Waals surface area contributed by atoms with Crippen LogP contribution in [0.25, 0.3) is 0 Å². The molecule has 2 aromatic rings. The second-order valence-corrected chi connectivity index (χ2v) is 6.34. The van der Waals surface area contributed by atoms with Gasteiger partial charge < -0.3 is 10.1 Å². The van der Waals surface area contributed by atoms with Crippen molar-refractivity contribution in [2.24, 2.45) is 0 Å². The van der Waals surface area contributed by atoms with E-state index < -0.39 is 0 Å². The van der Waals surface area contributed by atoms with Crippen LogP contribution >= 0.6 is 15.9 Å². The molecule has 2 aromatic carbocycles. The lowest BCUT2D eigenvalue weighted by molar-refractivity contribution is 0.303. The van der Waals surface area contributed by atoms with Crippen molar-refractivity contribution in [3.05, 3.63) is 64.1 Å². The fourth-order valence-corrected chi connectivity index (χ4v) is 2.67. The maximum Gasteiger partial charge on any atom is 0.119 e. The molecule has 0 radical (unpaired) electrons. The predicted molar refractivity (Wildman–Crippen MR) is 89.8 cm³/mol. The van der Waals surface area contributed by atoms with Gasteiger partial charge in [-0.2, -0.15) is 0 Å². The van der Waals surface area contributed by atoms with Crippen LogP contribution in [0.15, 0.2) is 53.0 Å². The van der Waals surface area contributed by atoms with Crippen molar-refractivity contribution in [2.45, 2.75) is 31.9 Å². The van der Waals surface area contributed by atoms with Gasteiger partial charge in [0.2, 0.25) is 0 Å². The van der Waals surface area contributed by atoms with Crippen LogP contribution in [0.2, 0.25) is 0 Å². The van der Waals surface area contributed by atoms with Gasteiger partial charge in [0.25, 0.3) is 0 Å². The maximum atomic E-state index is 5.81. The van der Waals surface area contributed by atoms with E-state index in [1.165, 1.54) is 24.0 Å². The van der Waals surface area contributed by atoms with Crippen molar-refractivity contribution >= 4 is 15.9 Å². The molecule has 1 N–H and O–H groups in total. The molecule has 0 aliphatic heterocycles. The number of halogens is 1. The topological polar surface area (TPSA) is 21.3 Å². The highest BCUT2D eigenvalue weighted by Gasteiger charge is 2.23. The summed E-state index contributed by atoms with van der Waals surface area (Å²) in [5.74, 6) is 0.979. The summed E-state index contributed by atoms with van der Waals surface area (Å²) in [5.41, 5.74) is 2.54. The largest absolute Gasteiger partial charge is 0.490 e. The highest BCUT2D eigenvalue weighted by molar-refractivity contribution is 9.10. The second kappa shape index (κ2) is 6.63. The molecule has 3 rings (SSSR count). The Bertz CT molecular complexity index is 575.